The summed E-state index contributed by atoms with van der Waals surface area (Å²) in [6.45, 7) is 5.50. The summed E-state index contributed by atoms with van der Waals surface area (Å²) < 4.78 is 11.1. The van der Waals surface area contributed by atoms with Gasteiger partial charge < -0.3 is 24.8 Å². The molecule has 0 spiro atoms. The Kier molecular flexibility index (Phi) is 12.9. The quantitative estimate of drug-likeness (QED) is 0.316. The molecule has 2 aromatic rings. The fourth-order valence-corrected chi connectivity index (χ4v) is 4.88. The van der Waals surface area contributed by atoms with Crippen molar-refractivity contribution in [1.29, 1.82) is 0 Å². The Hall–Kier alpha value is -3.98. The molecule has 232 valence electrons. The first-order valence-electron chi connectivity index (χ1n) is 14.8. The van der Waals surface area contributed by atoms with Crippen molar-refractivity contribution in [2.45, 2.75) is 71.1 Å². The number of amides is 2. The number of nitrogens with one attached hydrogen (secondary N) is 1. The molecular weight excluding hydrogens is 548 g/mol. The number of ether oxygens (including phenoxy) is 2. The van der Waals surface area contributed by atoms with Crippen LogP contribution in [0.2, 0.25) is 0 Å². The maximum atomic E-state index is 13.6. The highest BCUT2D eigenvalue weighted by molar-refractivity contribution is 5.86. The van der Waals surface area contributed by atoms with Gasteiger partial charge in [0.25, 0.3) is 0 Å². The molecule has 0 saturated carbocycles. The molecule has 1 aliphatic rings. The monoisotopic (exact) mass is 592 g/mol. The third-order valence-corrected chi connectivity index (χ3v) is 7.00. The van der Waals surface area contributed by atoms with E-state index in [9.17, 15) is 24.3 Å². The molecule has 0 aliphatic carbocycles. The molecule has 2 N–H and O–H groups in total. The molecule has 9 heteroatoms. The van der Waals surface area contributed by atoms with Gasteiger partial charge in [-0.05, 0) is 51.2 Å². The molecule has 3 rings (SSSR count). The second kappa shape index (κ2) is 16.6. The Morgan fingerprint density at radius 3 is 2.14 bits per heavy atom. The lowest BCUT2D eigenvalue weighted by Crippen LogP contribution is -2.45. The van der Waals surface area contributed by atoms with Crippen molar-refractivity contribution in [3.63, 3.8) is 0 Å². The van der Waals surface area contributed by atoms with Crippen molar-refractivity contribution in [3.05, 3.63) is 83.9 Å². The molecule has 0 unspecified atom stereocenters. The van der Waals surface area contributed by atoms with E-state index >= 15 is 0 Å². The predicted molar refractivity (Wildman–Crippen MR) is 162 cm³/mol. The van der Waals surface area contributed by atoms with Crippen LogP contribution in [0.25, 0.3) is 0 Å². The van der Waals surface area contributed by atoms with Gasteiger partial charge in [-0.2, -0.15) is 0 Å². The molecule has 3 atom stereocenters. The second-order valence-corrected chi connectivity index (χ2v) is 11.9. The van der Waals surface area contributed by atoms with Gasteiger partial charge in [0.05, 0.1) is 30.9 Å². The number of aliphatic hydroxyl groups excluding tert-OH is 1. The number of esters is 2. The van der Waals surface area contributed by atoms with Crippen LogP contribution in [-0.4, -0.2) is 65.2 Å². The Balaban J connectivity index is 1.81. The topological polar surface area (TPSA) is 122 Å². The Morgan fingerprint density at radius 1 is 0.930 bits per heavy atom. The van der Waals surface area contributed by atoms with E-state index in [0.717, 1.165) is 11.1 Å². The number of carbonyl (C=O) groups excluding carboxylic acids is 4. The molecule has 1 heterocycles. The number of rotatable bonds is 10. The maximum absolute atomic E-state index is 13.6. The normalized spacial score (nSPS) is 20.5. The predicted octanol–water partition coefficient (Wildman–Crippen LogP) is 3.98. The number of aliphatic hydroxyl groups is 1. The summed E-state index contributed by atoms with van der Waals surface area (Å²) in [7, 11) is 0. The minimum absolute atomic E-state index is 0.0534. The Labute approximate surface area is 254 Å². The number of cyclic esters (lactones) is 1. The number of hydrogen-bond donors (Lipinski definition) is 2. The summed E-state index contributed by atoms with van der Waals surface area (Å²) in [5, 5.41) is 12.6. The molecule has 0 aromatic heterocycles. The molecule has 9 nitrogen and oxygen atoms in total. The smallest absolute Gasteiger partial charge is 0.309 e. The molecular formula is C34H44N2O7. The lowest BCUT2D eigenvalue weighted by atomic mass is 9.95. The van der Waals surface area contributed by atoms with Crippen molar-refractivity contribution in [2.75, 3.05) is 19.8 Å². The number of hydrogen-bond acceptors (Lipinski definition) is 7. The van der Waals surface area contributed by atoms with Crippen LogP contribution in [0.15, 0.2) is 72.8 Å². The fourth-order valence-electron chi connectivity index (χ4n) is 4.88. The average Bonchev–Trinajstić information content (AvgIpc) is 2.95. The van der Waals surface area contributed by atoms with E-state index in [1.807, 2.05) is 60.7 Å². The molecule has 0 radical (unpaired) electrons. The largest absolute Gasteiger partial charge is 0.463 e. The number of allylic oxidation sites excluding steroid dienone is 2. The standard InChI is InChI=1S/C34H44N2O7/c1-34(2,3)43-31(39)22-28-17-11-10-16-27(21-30(38)36(18-19-37)23-26-14-8-5-9-15-26)32(40)35-29(24-42-33(28)41)20-25-12-6-4-7-13-25/h4-15,27-29,37H,16-24H2,1-3H3,(H,35,40)/b11-10-/t27-,28-,29+/m1/s1. The van der Waals surface area contributed by atoms with Gasteiger partial charge in [0.2, 0.25) is 11.8 Å². The van der Waals surface area contributed by atoms with E-state index in [4.69, 9.17) is 9.47 Å². The Morgan fingerprint density at radius 2 is 1.53 bits per heavy atom. The minimum Gasteiger partial charge on any atom is -0.463 e. The third-order valence-electron chi connectivity index (χ3n) is 7.00. The van der Waals surface area contributed by atoms with E-state index in [0.29, 0.717) is 13.0 Å². The molecule has 2 aromatic carbocycles. The molecule has 2 amide bonds. The maximum Gasteiger partial charge on any atom is 0.309 e. The van der Waals surface area contributed by atoms with E-state index in [-0.39, 0.29) is 57.3 Å². The van der Waals surface area contributed by atoms with Crippen molar-refractivity contribution in [3.8, 4) is 0 Å². The molecule has 0 saturated heterocycles. The first-order chi connectivity index (χ1) is 20.5. The summed E-state index contributed by atoms with van der Waals surface area (Å²) in [4.78, 5) is 54.1. The van der Waals surface area contributed by atoms with Gasteiger partial charge in [0, 0.05) is 19.5 Å². The fraction of sp³-hybridized carbons (Fsp3) is 0.471. The van der Waals surface area contributed by atoms with Crippen LogP contribution < -0.4 is 5.32 Å². The van der Waals surface area contributed by atoms with Crippen LogP contribution >= 0.6 is 0 Å². The zero-order valence-corrected chi connectivity index (χ0v) is 25.4. The van der Waals surface area contributed by atoms with Gasteiger partial charge in [-0.15, -0.1) is 0 Å². The van der Waals surface area contributed by atoms with Crippen molar-refractivity contribution < 1.29 is 33.8 Å². The van der Waals surface area contributed by atoms with Crippen molar-refractivity contribution in [1.82, 2.24) is 10.2 Å². The lowest BCUT2D eigenvalue weighted by molar-refractivity contribution is -0.161. The van der Waals surface area contributed by atoms with Gasteiger partial charge in [-0.25, -0.2) is 0 Å². The van der Waals surface area contributed by atoms with Crippen LogP contribution in [0.4, 0.5) is 0 Å². The highest BCUT2D eigenvalue weighted by Crippen LogP contribution is 2.20. The molecule has 1 aliphatic heterocycles. The van der Waals surface area contributed by atoms with Crippen LogP contribution in [0.1, 0.15) is 57.6 Å². The number of benzene rings is 2. The summed E-state index contributed by atoms with van der Waals surface area (Å²) in [5.41, 5.74) is 1.19. The van der Waals surface area contributed by atoms with E-state index in [1.165, 1.54) is 0 Å². The highest BCUT2D eigenvalue weighted by atomic mass is 16.6. The summed E-state index contributed by atoms with van der Waals surface area (Å²) >= 11 is 0. The first kappa shape index (κ1) is 33.5. The molecule has 0 fully saturated rings. The van der Waals surface area contributed by atoms with Crippen LogP contribution in [0.3, 0.4) is 0 Å². The van der Waals surface area contributed by atoms with Gasteiger partial charge >= 0.3 is 11.9 Å². The molecule has 43 heavy (non-hydrogen) atoms. The van der Waals surface area contributed by atoms with Gasteiger partial charge in [-0.1, -0.05) is 72.8 Å². The summed E-state index contributed by atoms with van der Waals surface area (Å²) in [6.07, 6.45) is 4.25. The zero-order chi connectivity index (χ0) is 31.2. The minimum atomic E-state index is -0.746. The van der Waals surface area contributed by atoms with Gasteiger partial charge in [-0.3, -0.25) is 19.2 Å². The van der Waals surface area contributed by atoms with E-state index in [1.54, 1.807) is 37.8 Å². The van der Waals surface area contributed by atoms with Crippen LogP contribution in [0.5, 0.6) is 0 Å². The highest BCUT2D eigenvalue weighted by Gasteiger charge is 2.30. The van der Waals surface area contributed by atoms with Crippen LogP contribution in [-0.2, 0) is 41.6 Å². The second-order valence-electron chi connectivity index (χ2n) is 11.9. The van der Waals surface area contributed by atoms with Crippen molar-refractivity contribution in [2.24, 2.45) is 11.8 Å². The summed E-state index contributed by atoms with van der Waals surface area (Å²) in [5.74, 6) is -3.01. The van der Waals surface area contributed by atoms with Crippen LogP contribution in [0, 0.1) is 11.8 Å². The average molecular weight is 593 g/mol. The number of nitrogens with zero attached hydrogens (tertiary/aromatic N) is 1. The van der Waals surface area contributed by atoms with E-state index in [2.05, 4.69) is 5.32 Å². The number of carbonyl (C=O) groups is 4. The van der Waals surface area contributed by atoms with Gasteiger partial charge in [0.1, 0.15) is 12.2 Å². The van der Waals surface area contributed by atoms with Crippen molar-refractivity contribution >= 4 is 23.8 Å². The lowest BCUT2D eigenvalue weighted by Gasteiger charge is -2.27. The van der Waals surface area contributed by atoms with Gasteiger partial charge in [0.15, 0.2) is 0 Å². The Bertz CT molecular complexity index is 1220. The summed E-state index contributed by atoms with van der Waals surface area (Å²) in [6, 6.07) is 18.5. The SMILES string of the molecule is CC(C)(C)OC(=O)C[C@H]1C/C=C\C[C@H](CC(=O)N(CCO)Cc2ccccc2)C(=O)N[C@@H](Cc2ccccc2)COC1=O. The zero-order valence-electron chi connectivity index (χ0n) is 25.4. The first-order valence-corrected chi connectivity index (χ1v) is 14.8. The molecule has 0 bridgehead atoms. The third kappa shape index (κ3) is 12.0. The van der Waals surface area contributed by atoms with E-state index < -0.39 is 35.4 Å².